The van der Waals surface area contributed by atoms with Crippen LogP contribution in [0.4, 0.5) is 13.2 Å². The van der Waals surface area contributed by atoms with E-state index < -0.39 is 12.1 Å². The number of ether oxygens (including phenoxy) is 2. The first-order valence-electron chi connectivity index (χ1n) is 5.63. The molecular formula is C13H8Cl2F3NO2. The molecule has 2 aromatic rings. The third-order valence-electron chi connectivity index (χ3n) is 2.31. The van der Waals surface area contributed by atoms with E-state index in [9.17, 15) is 13.2 Å². The molecule has 0 saturated heterocycles. The van der Waals surface area contributed by atoms with E-state index >= 15 is 0 Å². The molecule has 8 heteroatoms. The van der Waals surface area contributed by atoms with Crippen molar-refractivity contribution >= 4 is 23.2 Å². The highest BCUT2D eigenvalue weighted by Gasteiger charge is 2.32. The fourth-order valence-electron chi connectivity index (χ4n) is 1.47. The van der Waals surface area contributed by atoms with E-state index in [2.05, 4.69) is 9.72 Å². The van der Waals surface area contributed by atoms with E-state index in [1.165, 1.54) is 30.3 Å². The number of pyridine rings is 1. The molecule has 1 aromatic carbocycles. The summed E-state index contributed by atoms with van der Waals surface area (Å²) < 4.78 is 46.1. The van der Waals surface area contributed by atoms with E-state index in [1.54, 1.807) is 0 Å². The van der Waals surface area contributed by atoms with Gasteiger partial charge in [-0.15, -0.1) is 24.8 Å². The monoisotopic (exact) mass is 337 g/mol. The van der Waals surface area contributed by atoms with Gasteiger partial charge in [-0.25, -0.2) is 4.98 Å². The molecule has 21 heavy (non-hydrogen) atoms. The van der Waals surface area contributed by atoms with E-state index in [-0.39, 0.29) is 17.5 Å². The molecule has 0 amide bonds. The molecule has 0 radical (unpaired) electrons. The Bertz CT molecular complexity index is 635. The first-order valence-corrected chi connectivity index (χ1v) is 6.54. The zero-order chi connectivity index (χ0) is 15.5. The number of rotatable bonds is 4. The van der Waals surface area contributed by atoms with Crippen LogP contribution in [-0.2, 0) is 5.88 Å². The van der Waals surface area contributed by atoms with Crippen molar-refractivity contribution in [2.45, 2.75) is 12.2 Å². The van der Waals surface area contributed by atoms with Gasteiger partial charge in [0.25, 0.3) is 0 Å². The lowest BCUT2D eigenvalue weighted by molar-refractivity contribution is -0.275. The van der Waals surface area contributed by atoms with Crippen LogP contribution in [0.15, 0.2) is 36.4 Å². The molecule has 0 atom stereocenters. The SMILES string of the molecule is FC(F)(F)Oc1ccccc1Oc1ccc(Cl)c(CCl)n1. The Morgan fingerprint density at radius 2 is 1.71 bits per heavy atom. The van der Waals surface area contributed by atoms with Gasteiger partial charge in [-0.3, -0.25) is 0 Å². The van der Waals surface area contributed by atoms with E-state index in [0.717, 1.165) is 6.07 Å². The number of halogens is 5. The summed E-state index contributed by atoms with van der Waals surface area (Å²) in [4.78, 5) is 4.00. The number of nitrogens with zero attached hydrogens (tertiary/aromatic N) is 1. The molecule has 0 saturated carbocycles. The minimum Gasteiger partial charge on any atom is -0.435 e. The Kier molecular flexibility index (Phi) is 4.80. The predicted molar refractivity (Wildman–Crippen MR) is 72.0 cm³/mol. The Labute approximate surface area is 128 Å². The summed E-state index contributed by atoms with van der Waals surface area (Å²) >= 11 is 11.5. The number of hydrogen-bond donors (Lipinski definition) is 0. The second-order valence-electron chi connectivity index (χ2n) is 3.81. The molecular weight excluding hydrogens is 330 g/mol. The van der Waals surface area contributed by atoms with Gasteiger partial charge < -0.3 is 9.47 Å². The number of aromatic nitrogens is 1. The minimum atomic E-state index is -4.81. The van der Waals surface area contributed by atoms with Crippen molar-refractivity contribution in [2.75, 3.05) is 0 Å². The fourth-order valence-corrected chi connectivity index (χ4v) is 1.92. The molecule has 3 nitrogen and oxygen atoms in total. The molecule has 112 valence electrons. The summed E-state index contributed by atoms with van der Waals surface area (Å²) in [7, 11) is 0. The van der Waals surface area contributed by atoms with Gasteiger partial charge in [-0.05, 0) is 18.2 Å². The third-order valence-corrected chi connectivity index (χ3v) is 2.91. The van der Waals surface area contributed by atoms with E-state index in [1.807, 2.05) is 0 Å². The second-order valence-corrected chi connectivity index (χ2v) is 4.48. The topological polar surface area (TPSA) is 31.4 Å². The smallest absolute Gasteiger partial charge is 0.435 e. The quantitative estimate of drug-likeness (QED) is 0.721. The van der Waals surface area contributed by atoms with Crippen LogP contribution >= 0.6 is 23.2 Å². The van der Waals surface area contributed by atoms with Gasteiger partial charge in [0.2, 0.25) is 5.88 Å². The molecule has 1 aromatic heterocycles. The number of benzene rings is 1. The van der Waals surface area contributed by atoms with Gasteiger partial charge in [0, 0.05) is 6.07 Å². The van der Waals surface area contributed by atoms with E-state index in [4.69, 9.17) is 27.9 Å². The van der Waals surface area contributed by atoms with Gasteiger partial charge in [0.05, 0.1) is 16.6 Å². The zero-order valence-corrected chi connectivity index (χ0v) is 11.8. The molecule has 0 aliphatic heterocycles. The molecule has 1 heterocycles. The van der Waals surface area contributed by atoms with Crippen LogP contribution in [0.2, 0.25) is 5.02 Å². The molecule has 0 N–H and O–H groups in total. The van der Waals surface area contributed by atoms with Gasteiger partial charge in [0.1, 0.15) is 0 Å². The van der Waals surface area contributed by atoms with Crippen molar-refractivity contribution in [2.24, 2.45) is 0 Å². The lowest BCUT2D eigenvalue weighted by Gasteiger charge is -2.13. The van der Waals surface area contributed by atoms with Gasteiger partial charge in [0.15, 0.2) is 11.5 Å². The van der Waals surface area contributed by atoms with Crippen LogP contribution in [0.25, 0.3) is 0 Å². The lowest BCUT2D eigenvalue weighted by Crippen LogP contribution is -2.17. The van der Waals surface area contributed by atoms with Crippen molar-refractivity contribution in [1.82, 2.24) is 4.98 Å². The highest BCUT2D eigenvalue weighted by atomic mass is 35.5. The summed E-state index contributed by atoms with van der Waals surface area (Å²) in [6, 6.07) is 8.29. The Morgan fingerprint density at radius 1 is 1.05 bits per heavy atom. The number of para-hydroxylation sites is 2. The first kappa shape index (κ1) is 15.7. The lowest BCUT2D eigenvalue weighted by atomic mass is 10.3. The largest absolute Gasteiger partial charge is 0.573 e. The molecule has 0 aliphatic rings. The van der Waals surface area contributed by atoms with Crippen molar-refractivity contribution in [1.29, 1.82) is 0 Å². The van der Waals surface area contributed by atoms with E-state index in [0.29, 0.717) is 10.7 Å². The van der Waals surface area contributed by atoms with Gasteiger partial charge >= 0.3 is 6.36 Å². The minimum absolute atomic E-state index is 0.0523. The van der Waals surface area contributed by atoms with Crippen LogP contribution < -0.4 is 9.47 Å². The van der Waals surface area contributed by atoms with Crippen LogP contribution in [-0.4, -0.2) is 11.3 Å². The summed E-state index contributed by atoms with van der Waals surface area (Å²) in [6.07, 6.45) is -4.81. The first-order chi connectivity index (χ1) is 9.89. The van der Waals surface area contributed by atoms with Crippen molar-refractivity contribution in [3.8, 4) is 17.4 Å². The fraction of sp³-hybridized carbons (Fsp3) is 0.154. The maximum absolute atomic E-state index is 12.3. The van der Waals surface area contributed by atoms with Crippen molar-refractivity contribution in [3.63, 3.8) is 0 Å². The van der Waals surface area contributed by atoms with Crippen LogP contribution in [0, 0.1) is 0 Å². The standard InChI is InChI=1S/C13H8Cl2F3NO2/c14-7-9-8(15)5-6-12(19-9)20-10-3-1-2-4-11(10)21-13(16,17)18/h1-6H,7H2. The maximum Gasteiger partial charge on any atom is 0.573 e. The van der Waals surface area contributed by atoms with Crippen molar-refractivity contribution < 1.29 is 22.6 Å². The predicted octanol–water partition coefficient (Wildman–Crippen LogP) is 5.16. The Balaban J connectivity index is 2.27. The van der Waals surface area contributed by atoms with Crippen LogP contribution in [0.5, 0.6) is 17.4 Å². The summed E-state index contributed by atoms with van der Waals surface area (Å²) in [5, 5.41) is 0.345. The molecule has 0 bridgehead atoms. The second kappa shape index (κ2) is 6.41. The highest BCUT2D eigenvalue weighted by molar-refractivity contribution is 6.32. The third kappa shape index (κ3) is 4.41. The molecule has 0 aliphatic carbocycles. The average molecular weight is 338 g/mol. The van der Waals surface area contributed by atoms with Crippen molar-refractivity contribution in [3.05, 3.63) is 47.1 Å². The van der Waals surface area contributed by atoms with Gasteiger partial charge in [-0.2, -0.15) is 0 Å². The number of alkyl halides is 4. The molecule has 0 fully saturated rings. The molecule has 0 spiro atoms. The summed E-state index contributed by atoms with van der Waals surface area (Å²) in [5.74, 6) is -0.468. The van der Waals surface area contributed by atoms with Crippen LogP contribution in [0.3, 0.4) is 0 Å². The van der Waals surface area contributed by atoms with Gasteiger partial charge in [-0.1, -0.05) is 23.7 Å². The maximum atomic E-state index is 12.3. The number of hydrogen-bond acceptors (Lipinski definition) is 3. The Hall–Kier alpha value is -1.66. The summed E-state index contributed by atoms with van der Waals surface area (Å²) in [5.41, 5.74) is 0.366. The molecule has 0 unspecified atom stereocenters. The Morgan fingerprint density at radius 3 is 2.33 bits per heavy atom. The highest BCUT2D eigenvalue weighted by Crippen LogP contribution is 2.34. The molecule has 2 rings (SSSR count). The van der Waals surface area contributed by atoms with Crippen LogP contribution in [0.1, 0.15) is 5.69 Å². The average Bonchev–Trinajstić information content (AvgIpc) is 2.41. The normalized spacial score (nSPS) is 11.3. The summed E-state index contributed by atoms with van der Waals surface area (Å²) in [6.45, 7) is 0. The zero-order valence-electron chi connectivity index (χ0n) is 10.3.